The second-order valence-corrected chi connectivity index (χ2v) is 4.29. The number of anilines is 1. The molecule has 0 atom stereocenters. The molecule has 0 spiro atoms. The molecule has 3 N–H and O–H groups in total. The molecule has 0 amide bonds. The van der Waals surface area contributed by atoms with Crippen molar-refractivity contribution in [3.63, 3.8) is 0 Å². The lowest BCUT2D eigenvalue weighted by Crippen LogP contribution is -2.09. The minimum atomic E-state index is 0.462. The Kier molecular flexibility index (Phi) is 4.68. The van der Waals surface area contributed by atoms with Crippen LogP contribution in [0.1, 0.15) is 11.3 Å². The van der Waals surface area contributed by atoms with Gasteiger partial charge < -0.3 is 14.9 Å². The van der Waals surface area contributed by atoms with Gasteiger partial charge in [0.25, 0.3) is 0 Å². The molecule has 0 aliphatic carbocycles. The Bertz CT molecular complexity index is 558. The van der Waals surface area contributed by atoms with E-state index >= 15 is 0 Å². The van der Waals surface area contributed by atoms with E-state index in [0.717, 1.165) is 34.3 Å². The summed E-state index contributed by atoms with van der Waals surface area (Å²) in [6.45, 7) is 1.13. The Morgan fingerprint density at radius 1 is 1.26 bits per heavy atom. The number of nitrogens with zero attached hydrogens (tertiary/aromatic N) is 1. The fourth-order valence-electron chi connectivity index (χ4n) is 2.12. The number of hydrogen-bond acceptors (Lipinski definition) is 5. The smallest absolute Gasteiger partial charge is 0.0885 e. The average molecular weight is 261 g/mol. The lowest BCUT2D eigenvalue weighted by atomic mass is 10.1. The Morgan fingerprint density at radius 3 is 2.79 bits per heavy atom. The molecule has 0 saturated heterocycles. The second kappa shape index (κ2) is 6.47. The first kappa shape index (κ1) is 13.7. The van der Waals surface area contributed by atoms with E-state index in [1.54, 1.807) is 14.2 Å². The van der Waals surface area contributed by atoms with Crippen molar-refractivity contribution in [1.82, 2.24) is 4.98 Å². The zero-order chi connectivity index (χ0) is 13.7. The number of nitrogen functional groups attached to an aromatic ring is 1. The number of nitrogens with two attached hydrogens (primary N) is 1. The predicted octanol–water partition coefficient (Wildman–Crippen LogP) is 1.86. The van der Waals surface area contributed by atoms with Crippen LogP contribution in [0.25, 0.3) is 10.9 Å². The number of hydrazine groups is 1. The number of benzene rings is 1. The first-order valence-electron chi connectivity index (χ1n) is 6.16. The summed E-state index contributed by atoms with van der Waals surface area (Å²) in [6.07, 6.45) is 0.821. The van der Waals surface area contributed by atoms with E-state index in [4.69, 9.17) is 15.3 Å². The van der Waals surface area contributed by atoms with Crippen molar-refractivity contribution in [2.24, 2.45) is 5.84 Å². The zero-order valence-corrected chi connectivity index (χ0v) is 11.3. The molecule has 5 nitrogen and oxygen atoms in total. The largest absolute Gasteiger partial charge is 0.384 e. The Hall–Kier alpha value is -1.69. The molecule has 0 aliphatic rings. The number of hydrogen-bond donors (Lipinski definition) is 2. The van der Waals surface area contributed by atoms with Crippen molar-refractivity contribution in [2.75, 3.05) is 26.3 Å². The topological polar surface area (TPSA) is 69.4 Å². The highest BCUT2D eigenvalue weighted by Crippen LogP contribution is 2.25. The molecular weight excluding hydrogens is 242 g/mol. The molecule has 2 aromatic rings. The van der Waals surface area contributed by atoms with Crippen LogP contribution in [0.15, 0.2) is 24.3 Å². The molecule has 2 rings (SSSR count). The van der Waals surface area contributed by atoms with E-state index in [1.165, 1.54) is 0 Å². The summed E-state index contributed by atoms with van der Waals surface area (Å²) in [5.41, 5.74) is 6.53. The van der Waals surface area contributed by atoms with Crippen molar-refractivity contribution in [1.29, 1.82) is 0 Å². The maximum Gasteiger partial charge on any atom is 0.0885 e. The normalized spacial score (nSPS) is 10.9. The van der Waals surface area contributed by atoms with Crippen molar-refractivity contribution in [2.45, 2.75) is 13.0 Å². The van der Waals surface area contributed by atoms with Crippen LogP contribution in [-0.2, 0) is 22.5 Å². The van der Waals surface area contributed by atoms with E-state index < -0.39 is 0 Å². The standard InChI is InChI=1S/C14H19N3O2/c1-18-7-6-10-4-3-5-12-13(17-15)8-11(9-19-2)16-14(10)12/h3-5,8H,6-7,9,15H2,1-2H3,(H,16,17). The van der Waals surface area contributed by atoms with Crippen LogP contribution >= 0.6 is 0 Å². The lowest BCUT2D eigenvalue weighted by molar-refractivity contribution is 0.182. The maximum atomic E-state index is 5.59. The van der Waals surface area contributed by atoms with Gasteiger partial charge in [0.2, 0.25) is 0 Å². The minimum absolute atomic E-state index is 0.462. The Morgan fingerprint density at radius 2 is 2.11 bits per heavy atom. The molecular formula is C14H19N3O2. The third-order valence-corrected chi connectivity index (χ3v) is 3.00. The summed E-state index contributed by atoms with van der Waals surface area (Å²) >= 11 is 0. The van der Waals surface area contributed by atoms with Gasteiger partial charge in [-0.05, 0) is 18.1 Å². The van der Waals surface area contributed by atoms with Crippen LogP contribution in [0.3, 0.4) is 0 Å². The number of methoxy groups -OCH3 is 2. The summed E-state index contributed by atoms with van der Waals surface area (Å²) in [4.78, 5) is 4.65. The SMILES string of the molecule is COCCc1cccc2c(NN)cc(COC)nc12. The van der Waals surface area contributed by atoms with Crippen LogP contribution in [0.2, 0.25) is 0 Å². The fourth-order valence-corrected chi connectivity index (χ4v) is 2.12. The number of pyridine rings is 1. The number of rotatable bonds is 6. The molecule has 5 heteroatoms. The average Bonchev–Trinajstić information content (AvgIpc) is 2.44. The summed E-state index contributed by atoms with van der Waals surface area (Å²) in [7, 11) is 3.35. The highest BCUT2D eigenvalue weighted by atomic mass is 16.5. The number of para-hydroxylation sites is 1. The van der Waals surface area contributed by atoms with Gasteiger partial charge in [0, 0.05) is 19.6 Å². The van der Waals surface area contributed by atoms with Crippen LogP contribution in [0.4, 0.5) is 5.69 Å². The highest BCUT2D eigenvalue weighted by molar-refractivity contribution is 5.93. The van der Waals surface area contributed by atoms with Gasteiger partial charge in [-0.1, -0.05) is 18.2 Å². The minimum Gasteiger partial charge on any atom is -0.384 e. The predicted molar refractivity (Wildman–Crippen MR) is 75.8 cm³/mol. The molecule has 102 valence electrons. The lowest BCUT2D eigenvalue weighted by Gasteiger charge is -2.11. The van der Waals surface area contributed by atoms with Crippen LogP contribution in [-0.4, -0.2) is 25.8 Å². The molecule has 1 aromatic carbocycles. The van der Waals surface area contributed by atoms with E-state index in [9.17, 15) is 0 Å². The van der Waals surface area contributed by atoms with Gasteiger partial charge in [-0.25, -0.2) is 4.98 Å². The highest BCUT2D eigenvalue weighted by Gasteiger charge is 2.08. The van der Waals surface area contributed by atoms with Crippen molar-refractivity contribution >= 4 is 16.6 Å². The van der Waals surface area contributed by atoms with Gasteiger partial charge in [-0.2, -0.15) is 0 Å². The van der Waals surface area contributed by atoms with Crippen molar-refractivity contribution in [3.8, 4) is 0 Å². The number of ether oxygens (including phenoxy) is 2. The fraction of sp³-hybridized carbons (Fsp3) is 0.357. The van der Waals surface area contributed by atoms with Gasteiger partial charge in [-0.15, -0.1) is 0 Å². The molecule has 0 fully saturated rings. The molecule has 1 aromatic heterocycles. The summed E-state index contributed by atoms with van der Waals surface area (Å²) in [6, 6.07) is 7.98. The summed E-state index contributed by atoms with van der Waals surface area (Å²) in [5.74, 6) is 5.59. The molecule has 0 unspecified atom stereocenters. The van der Waals surface area contributed by atoms with Gasteiger partial charge in [-0.3, -0.25) is 5.84 Å². The third kappa shape index (κ3) is 3.01. The number of fused-ring (bicyclic) bond motifs is 1. The molecule has 0 radical (unpaired) electrons. The van der Waals surface area contributed by atoms with Crippen molar-refractivity contribution in [3.05, 3.63) is 35.5 Å². The molecule has 0 bridgehead atoms. The molecule has 19 heavy (non-hydrogen) atoms. The Labute approximate surface area is 112 Å². The summed E-state index contributed by atoms with van der Waals surface area (Å²) < 4.78 is 10.3. The van der Waals surface area contributed by atoms with Gasteiger partial charge in [0.05, 0.1) is 30.1 Å². The molecule has 1 heterocycles. The molecule has 0 saturated carbocycles. The maximum absolute atomic E-state index is 5.59. The van der Waals surface area contributed by atoms with E-state index in [1.807, 2.05) is 18.2 Å². The van der Waals surface area contributed by atoms with Crippen molar-refractivity contribution < 1.29 is 9.47 Å². The monoisotopic (exact) mass is 261 g/mol. The van der Waals surface area contributed by atoms with E-state index in [-0.39, 0.29) is 0 Å². The quantitative estimate of drug-likeness (QED) is 0.613. The third-order valence-electron chi connectivity index (χ3n) is 3.00. The number of aromatic nitrogens is 1. The number of nitrogens with one attached hydrogen (secondary N) is 1. The van der Waals surface area contributed by atoms with Gasteiger partial charge in [0.15, 0.2) is 0 Å². The van der Waals surface area contributed by atoms with Crippen LogP contribution < -0.4 is 11.3 Å². The van der Waals surface area contributed by atoms with E-state index in [2.05, 4.69) is 16.5 Å². The van der Waals surface area contributed by atoms with Crippen LogP contribution in [0, 0.1) is 0 Å². The zero-order valence-electron chi connectivity index (χ0n) is 11.3. The van der Waals surface area contributed by atoms with Gasteiger partial charge in [0.1, 0.15) is 0 Å². The first-order chi connectivity index (χ1) is 9.30. The Balaban J connectivity index is 2.54. The van der Waals surface area contributed by atoms with E-state index in [0.29, 0.717) is 13.2 Å². The van der Waals surface area contributed by atoms with Gasteiger partial charge >= 0.3 is 0 Å². The summed E-state index contributed by atoms with van der Waals surface area (Å²) in [5, 5.41) is 1.01. The molecule has 0 aliphatic heterocycles. The first-order valence-corrected chi connectivity index (χ1v) is 6.16. The second-order valence-electron chi connectivity index (χ2n) is 4.29. The van der Waals surface area contributed by atoms with Crippen LogP contribution in [0.5, 0.6) is 0 Å².